The van der Waals surface area contributed by atoms with Gasteiger partial charge in [0.2, 0.25) is 0 Å². The Morgan fingerprint density at radius 2 is 2.31 bits per heavy atom. The molecule has 2 N–H and O–H groups in total. The number of ether oxygens (including phenoxy) is 1. The van der Waals surface area contributed by atoms with Crippen LogP contribution in [0.2, 0.25) is 5.02 Å². The van der Waals surface area contributed by atoms with Crippen molar-refractivity contribution in [2.45, 2.75) is 12.5 Å². The van der Waals surface area contributed by atoms with Crippen molar-refractivity contribution >= 4 is 23.4 Å². The van der Waals surface area contributed by atoms with Gasteiger partial charge < -0.3 is 10.5 Å². The van der Waals surface area contributed by atoms with Crippen LogP contribution in [0, 0.1) is 5.92 Å². The highest BCUT2D eigenvalue weighted by atomic mass is 35.5. The summed E-state index contributed by atoms with van der Waals surface area (Å²) in [6.45, 7) is 0.551. The molecule has 1 aromatic rings. The number of hydrogen-bond donors (Lipinski definition) is 1. The number of hydrogen-bond acceptors (Lipinski definition) is 3. The van der Waals surface area contributed by atoms with Crippen LogP contribution in [0.15, 0.2) is 24.3 Å². The maximum Gasteiger partial charge on any atom is 0.137 e. The molecule has 88 valence electrons. The third-order valence-corrected chi connectivity index (χ3v) is 4.34. The second-order valence-electron chi connectivity index (χ2n) is 4.03. The van der Waals surface area contributed by atoms with Crippen LogP contribution in [0.25, 0.3) is 0 Å². The molecule has 2 atom stereocenters. The number of para-hydroxylation sites is 1. The van der Waals surface area contributed by atoms with Gasteiger partial charge in [-0.05, 0) is 36.0 Å². The lowest BCUT2D eigenvalue weighted by molar-refractivity contribution is 0.255. The van der Waals surface area contributed by atoms with Crippen LogP contribution in [-0.4, -0.2) is 24.2 Å². The van der Waals surface area contributed by atoms with E-state index in [1.54, 1.807) is 0 Å². The van der Waals surface area contributed by atoms with Gasteiger partial charge in [0.25, 0.3) is 0 Å². The van der Waals surface area contributed by atoms with E-state index in [1.807, 2.05) is 36.0 Å². The normalized spacial score (nSPS) is 22.0. The van der Waals surface area contributed by atoms with E-state index in [-0.39, 0.29) is 6.04 Å². The monoisotopic (exact) mass is 257 g/mol. The minimum absolute atomic E-state index is 0.117. The summed E-state index contributed by atoms with van der Waals surface area (Å²) in [5.41, 5.74) is 6.10. The maximum absolute atomic E-state index is 6.10. The van der Waals surface area contributed by atoms with Gasteiger partial charge in [0.15, 0.2) is 0 Å². The minimum atomic E-state index is 0.117. The Bertz CT molecular complexity index is 342. The Balaban J connectivity index is 1.84. The molecule has 2 rings (SSSR count). The third kappa shape index (κ3) is 3.06. The van der Waals surface area contributed by atoms with E-state index < -0.39 is 0 Å². The summed E-state index contributed by atoms with van der Waals surface area (Å²) in [4.78, 5) is 0. The van der Waals surface area contributed by atoms with Gasteiger partial charge in [-0.3, -0.25) is 0 Å². The Kier molecular flexibility index (Phi) is 4.38. The van der Waals surface area contributed by atoms with E-state index in [2.05, 4.69) is 0 Å². The molecule has 0 spiro atoms. The van der Waals surface area contributed by atoms with Crippen molar-refractivity contribution in [3.8, 4) is 5.75 Å². The van der Waals surface area contributed by atoms with Crippen LogP contribution in [-0.2, 0) is 0 Å². The van der Waals surface area contributed by atoms with Crippen LogP contribution >= 0.6 is 23.4 Å². The first kappa shape index (κ1) is 12.1. The van der Waals surface area contributed by atoms with E-state index >= 15 is 0 Å². The fourth-order valence-electron chi connectivity index (χ4n) is 1.77. The largest absolute Gasteiger partial charge is 0.490 e. The van der Waals surface area contributed by atoms with E-state index in [9.17, 15) is 0 Å². The number of thioether (sulfide) groups is 1. The Morgan fingerprint density at radius 3 is 3.00 bits per heavy atom. The third-order valence-electron chi connectivity index (χ3n) is 2.84. The minimum Gasteiger partial charge on any atom is -0.490 e. The molecule has 4 heteroatoms. The van der Waals surface area contributed by atoms with E-state index in [4.69, 9.17) is 22.1 Å². The summed E-state index contributed by atoms with van der Waals surface area (Å²) in [6, 6.07) is 7.62. The fraction of sp³-hybridized carbons (Fsp3) is 0.500. The maximum atomic E-state index is 6.10. The quantitative estimate of drug-likeness (QED) is 0.901. The Labute approximate surface area is 105 Å². The molecule has 1 heterocycles. The number of benzene rings is 1. The molecular formula is C12H16ClNOS. The predicted molar refractivity (Wildman–Crippen MR) is 70.4 cm³/mol. The van der Waals surface area contributed by atoms with E-state index in [0.717, 1.165) is 11.5 Å². The van der Waals surface area contributed by atoms with Crippen molar-refractivity contribution in [2.75, 3.05) is 18.1 Å². The molecule has 1 aliphatic heterocycles. The molecule has 2 unspecified atom stereocenters. The van der Waals surface area contributed by atoms with Crippen molar-refractivity contribution in [2.24, 2.45) is 11.7 Å². The summed E-state index contributed by atoms with van der Waals surface area (Å²) >= 11 is 7.97. The summed E-state index contributed by atoms with van der Waals surface area (Å²) in [7, 11) is 0. The second-order valence-corrected chi connectivity index (χ2v) is 5.59. The van der Waals surface area contributed by atoms with Crippen LogP contribution in [0.3, 0.4) is 0 Å². The number of nitrogens with two attached hydrogens (primary N) is 1. The second kappa shape index (κ2) is 5.80. The first-order chi connectivity index (χ1) is 7.77. The van der Waals surface area contributed by atoms with Crippen molar-refractivity contribution in [3.05, 3.63) is 29.3 Å². The highest BCUT2D eigenvalue weighted by molar-refractivity contribution is 7.99. The standard InChI is InChI=1S/C12H16ClNOS/c13-10-3-1-2-4-12(10)15-7-11(14)9-5-6-16-8-9/h1-4,9,11H,5-8,14H2. The van der Waals surface area contributed by atoms with Crippen molar-refractivity contribution < 1.29 is 4.74 Å². The molecule has 0 saturated carbocycles. The average Bonchev–Trinajstić information content (AvgIpc) is 2.81. The van der Waals surface area contributed by atoms with E-state index in [0.29, 0.717) is 17.5 Å². The molecular weight excluding hydrogens is 242 g/mol. The van der Waals surface area contributed by atoms with Crippen LogP contribution in [0.4, 0.5) is 0 Å². The Hall–Kier alpha value is -0.380. The van der Waals surface area contributed by atoms with Crippen LogP contribution in [0.5, 0.6) is 5.75 Å². The fourth-order valence-corrected chi connectivity index (χ4v) is 3.32. The van der Waals surface area contributed by atoms with Crippen LogP contribution in [0.1, 0.15) is 6.42 Å². The van der Waals surface area contributed by atoms with Crippen LogP contribution < -0.4 is 10.5 Å². The van der Waals surface area contributed by atoms with Gasteiger partial charge in [0.1, 0.15) is 12.4 Å². The molecule has 1 aromatic carbocycles. The van der Waals surface area contributed by atoms with Gasteiger partial charge in [-0.25, -0.2) is 0 Å². The summed E-state index contributed by atoms with van der Waals surface area (Å²) in [5.74, 6) is 3.70. The zero-order valence-corrected chi connectivity index (χ0v) is 10.6. The van der Waals surface area contributed by atoms with Gasteiger partial charge >= 0.3 is 0 Å². The molecule has 1 fully saturated rings. The lowest BCUT2D eigenvalue weighted by Gasteiger charge is -2.19. The molecule has 16 heavy (non-hydrogen) atoms. The highest BCUT2D eigenvalue weighted by Gasteiger charge is 2.22. The SMILES string of the molecule is NC(COc1ccccc1Cl)C1CCSC1. The lowest BCUT2D eigenvalue weighted by atomic mass is 10.0. The molecule has 0 aliphatic carbocycles. The molecule has 1 saturated heterocycles. The molecule has 0 aromatic heterocycles. The van der Waals surface area contributed by atoms with Gasteiger partial charge in [0.05, 0.1) is 5.02 Å². The summed E-state index contributed by atoms with van der Waals surface area (Å²) in [5, 5.41) is 0.649. The first-order valence-corrected chi connectivity index (χ1v) is 7.01. The Morgan fingerprint density at radius 1 is 1.50 bits per heavy atom. The zero-order chi connectivity index (χ0) is 11.4. The van der Waals surface area contributed by atoms with Gasteiger partial charge in [-0.2, -0.15) is 11.8 Å². The number of rotatable bonds is 4. The lowest BCUT2D eigenvalue weighted by Crippen LogP contribution is -2.36. The van der Waals surface area contributed by atoms with Crippen molar-refractivity contribution in [1.29, 1.82) is 0 Å². The first-order valence-electron chi connectivity index (χ1n) is 5.48. The van der Waals surface area contributed by atoms with Gasteiger partial charge in [-0.15, -0.1) is 0 Å². The van der Waals surface area contributed by atoms with Gasteiger partial charge in [0, 0.05) is 6.04 Å². The average molecular weight is 258 g/mol. The molecule has 2 nitrogen and oxygen atoms in total. The molecule has 0 bridgehead atoms. The zero-order valence-electron chi connectivity index (χ0n) is 9.06. The van der Waals surface area contributed by atoms with Crippen molar-refractivity contribution in [1.82, 2.24) is 0 Å². The van der Waals surface area contributed by atoms with Gasteiger partial charge in [-0.1, -0.05) is 23.7 Å². The highest BCUT2D eigenvalue weighted by Crippen LogP contribution is 2.27. The number of halogens is 1. The topological polar surface area (TPSA) is 35.2 Å². The van der Waals surface area contributed by atoms with E-state index in [1.165, 1.54) is 12.2 Å². The molecule has 1 aliphatic rings. The summed E-state index contributed by atoms with van der Waals surface area (Å²) < 4.78 is 5.64. The molecule has 0 amide bonds. The summed E-state index contributed by atoms with van der Waals surface area (Å²) in [6.07, 6.45) is 1.21. The van der Waals surface area contributed by atoms with Crippen molar-refractivity contribution in [3.63, 3.8) is 0 Å². The molecule has 0 radical (unpaired) electrons. The predicted octanol–water partition coefficient (Wildman–Crippen LogP) is 2.80. The smallest absolute Gasteiger partial charge is 0.137 e.